The Hall–Kier alpha value is -2.86. The van der Waals surface area contributed by atoms with Crippen molar-refractivity contribution in [1.29, 1.82) is 0 Å². The molecule has 2 fully saturated rings. The summed E-state index contributed by atoms with van der Waals surface area (Å²) in [7, 11) is 1.77. The van der Waals surface area contributed by atoms with Crippen molar-refractivity contribution >= 4 is 11.8 Å². The van der Waals surface area contributed by atoms with E-state index in [0.29, 0.717) is 19.6 Å². The van der Waals surface area contributed by atoms with Gasteiger partial charge in [0, 0.05) is 25.7 Å². The van der Waals surface area contributed by atoms with E-state index in [1.165, 1.54) is 5.56 Å². The minimum atomic E-state index is -0.684. The lowest BCUT2D eigenvalue weighted by atomic mass is 9.76. The van der Waals surface area contributed by atoms with E-state index in [-0.39, 0.29) is 17.9 Å². The first-order chi connectivity index (χ1) is 14.4. The highest BCUT2D eigenvalue weighted by atomic mass is 16.5. The molecule has 30 heavy (non-hydrogen) atoms. The van der Waals surface area contributed by atoms with Crippen LogP contribution in [-0.2, 0) is 27.4 Å². The molecule has 1 aromatic heterocycles. The molecule has 2 amide bonds. The van der Waals surface area contributed by atoms with Crippen molar-refractivity contribution in [1.82, 2.24) is 9.80 Å². The molecule has 0 saturated carbocycles. The Bertz CT molecular complexity index is 1030. The lowest BCUT2D eigenvalue weighted by Gasteiger charge is -2.27. The van der Waals surface area contributed by atoms with Gasteiger partial charge in [0.1, 0.15) is 5.60 Å². The van der Waals surface area contributed by atoms with Gasteiger partial charge in [-0.25, -0.2) is 0 Å². The van der Waals surface area contributed by atoms with E-state index in [1.54, 1.807) is 24.5 Å². The quantitative estimate of drug-likeness (QED) is 0.717. The number of aryl methyl sites for hydroxylation is 2. The van der Waals surface area contributed by atoms with E-state index >= 15 is 0 Å². The Labute approximate surface area is 176 Å². The van der Waals surface area contributed by atoms with Gasteiger partial charge in [-0.05, 0) is 31.0 Å². The lowest BCUT2D eigenvalue weighted by Crippen LogP contribution is -2.44. The molecule has 3 aliphatic heterocycles. The van der Waals surface area contributed by atoms with Gasteiger partial charge in [0.15, 0.2) is 0 Å². The summed E-state index contributed by atoms with van der Waals surface area (Å²) in [4.78, 5) is 30.3. The zero-order valence-electron chi connectivity index (χ0n) is 17.5. The third-order valence-corrected chi connectivity index (χ3v) is 6.71. The van der Waals surface area contributed by atoms with Gasteiger partial charge < -0.3 is 19.0 Å². The number of fused-ring (bicyclic) bond motifs is 1. The van der Waals surface area contributed by atoms with Gasteiger partial charge in [0.2, 0.25) is 11.8 Å². The van der Waals surface area contributed by atoms with E-state index in [4.69, 9.17) is 9.15 Å². The van der Waals surface area contributed by atoms with Gasteiger partial charge in [-0.3, -0.25) is 9.59 Å². The number of furan rings is 1. The fourth-order valence-electron chi connectivity index (χ4n) is 5.16. The van der Waals surface area contributed by atoms with Gasteiger partial charge in [-0.2, -0.15) is 0 Å². The zero-order valence-corrected chi connectivity index (χ0v) is 17.5. The third-order valence-electron chi connectivity index (χ3n) is 6.71. The van der Waals surface area contributed by atoms with Crippen LogP contribution < -0.4 is 0 Å². The van der Waals surface area contributed by atoms with E-state index < -0.39 is 17.4 Å². The Morgan fingerprint density at radius 3 is 2.90 bits per heavy atom. The van der Waals surface area contributed by atoms with Crippen LogP contribution in [0.4, 0.5) is 0 Å². The highest BCUT2D eigenvalue weighted by molar-refractivity contribution is 5.93. The summed E-state index contributed by atoms with van der Waals surface area (Å²) in [6.45, 7) is 5.60. The largest absolute Gasteiger partial charge is 0.472 e. The minimum Gasteiger partial charge on any atom is -0.472 e. The molecule has 4 atom stereocenters. The molecule has 0 N–H and O–H groups in total. The number of hydrogen-bond donors (Lipinski definition) is 0. The number of amides is 2. The van der Waals surface area contributed by atoms with Crippen LogP contribution in [0.25, 0.3) is 0 Å². The maximum atomic E-state index is 13.5. The Balaban J connectivity index is 1.38. The average molecular weight is 406 g/mol. The van der Waals surface area contributed by atoms with Crippen LogP contribution in [0.15, 0.2) is 53.4 Å². The first kappa shape index (κ1) is 19.1. The molecule has 2 unspecified atom stereocenters. The normalized spacial score (nSPS) is 29.0. The smallest absolute Gasteiger partial charge is 0.230 e. The number of carbonyl (C=O) groups excluding carboxylic acids is 2. The molecular formula is C24H26N2O4. The number of likely N-dealkylation sites (tertiary alicyclic amines) is 1. The van der Waals surface area contributed by atoms with Crippen molar-refractivity contribution in [2.45, 2.75) is 38.6 Å². The second-order valence-electron chi connectivity index (χ2n) is 8.85. The summed E-state index contributed by atoms with van der Waals surface area (Å²) < 4.78 is 11.4. The van der Waals surface area contributed by atoms with Crippen LogP contribution >= 0.6 is 0 Å². The van der Waals surface area contributed by atoms with Crippen LogP contribution in [-0.4, -0.2) is 46.9 Å². The second kappa shape index (κ2) is 6.84. The Kier molecular flexibility index (Phi) is 4.36. The second-order valence-corrected chi connectivity index (χ2v) is 8.85. The highest BCUT2D eigenvalue weighted by Gasteiger charge is 2.67. The fourth-order valence-corrected chi connectivity index (χ4v) is 5.16. The first-order valence-corrected chi connectivity index (χ1v) is 10.4. The predicted octanol–water partition coefficient (Wildman–Crippen LogP) is 2.84. The zero-order chi connectivity index (χ0) is 21.0. The van der Waals surface area contributed by atoms with Crippen LogP contribution in [0.3, 0.4) is 0 Å². The monoisotopic (exact) mass is 406 g/mol. The summed E-state index contributed by atoms with van der Waals surface area (Å²) in [6, 6.07) is 8.14. The predicted molar refractivity (Wildman–Crippen MR) is 110 cm³/mol. The van der Waals surface area contributed by atoms with Crippen LogP contribution in [0.5, 0.6) is 0 Å². The molecule has 1 spiro atoms. The van der Waals surface area contributed by atoms with Gasteiger partial charge in [-0.1, -0.05) is 35.9 Å². The maximum absolute atomic E-state index is 13.5. The number of hydrogen-bond acceptors (Lipinski definition) is 4. The summed E-state index contributed by atoms with van der Waals surface area (Å²) >= 11 is 0. The molecule has 4 heterocycles. The molecule has 2 saturated heterocycles. The summed E-state index contributed by atoms with van der Waals surface area (Å²) in [5.41, 5.74) is 3.71. The van der Waals surface area contributed by atoms with Gasteiger partial charge in [-0.15, -0.1) is 0 Å². The molecule has 0 radical (unpaired) electrons. The topological polar surface area (TPSA) is 63.0 Å². The number of carbonyl (C=O) groups is 2. The summed E-state index contributed by atoms with van der Waals surface area (Å²) in [6.07, 6.45) is 6.86. The summed E-state index contributed by atoms with van der Waals surface area (Å²) in [5, 5.41) is 0. The molecule has 6 heteroatoms. The molecule has 156 valence electrons. The average Bonchev–Trinajstić information content (AvgIpc) is 3.47. The molecular weight excluding hydrogens is 380 g/mol. The van der Waals surface area contributed by atoms with E-state index in [1.807, 2.05) is 23.1 Å². The lowest BCUT2D eigenvalue weighted by molar-refractivity contribution is -0.142. The van der Waals surface area contributed by atoms with E-state index in [0.717, 1.165) is 16.7 Å². The minimum absolute atomic E-state index is 0.0119. The number of ether oxygens (including phenoxy) is 1. The molecule has 3 aliphatic rings. The van der Waals surface area contributed by atoms with Crippen molar-refractivity contribution in [3.8, 4) is 0 Å². The molecule has 2 aromatic rings. The molecule has 2 bridgehead atoms. The van der Waals surface area contributed by atoms with Crippen LogP contribution in [0.1, 0.15) is 22.3 Å². The van der Waals surface area contributed by atoms with Gasteiger partial charge in [0.25, 0.3) is 0 Å². The van der Waals surface area contributed by atoms with Crippen LogP contribution in [0.2, 0.25) is 0 Å². The number of nitrogens with zero attached hydrogens (tertiary/aromatic N) is 2. The Morgan fingerprint density at radius 2 is 2.13 bits per heavy atom. The van der Waals surface area contributed by atoms with Gasteiger partial charge in [0.05, 0.1) is 37.0 Å². The van der Waals surface area contributed by atoms with Crippen molar-refractivity contribution in [3.05, 3.63) is 71.2 Å². The van der Waals surface area contributed by atoms with Gasteiger partial charge >= 0.3 is 0 Å². The molecule has 5 rings (SSSR count). The summed E-state index contributed by atoms with van der Waals surface area (Å²) in [5.74, 6) is -0.989. The number of benzene rings is 1. The van der Waals surface area contributed by atoms with E-state index in [9.17, 15) is 9.59 Å². The SMILES string of the molecule is Cc1ccc(C)c(CN2C[C@]34C=C[C@H](O3)C(C(=O)N(C)Cc3ccoc3)C4C2=O)c1. The molecule has 1 aromatic carbocycles. The molecule has 0 aliphatic carbocycles. The maximum Gasteiger partial charge on any atom is 0.230 e. The van der Waals surface area contributed by atoms with E-state index in [2.05, 4.69) is 32.0 Å². The van der Waals surface area contributed by atoms with Crippen LogP contribution in [0, 0.1) is 25.7 Å². The highest BCUT2D eigenvalue weighted by Crippen LogP contribution is 2.52. The molecule has 6 nitrogen and oxygen atoms in total. The fraction of sp³-hybridized carbons (Fsp3) is 0.417. The number of rotatable bonds is 5. The van der Waals surface area contributed by atoms with Crippen molar-refractivity contribution in [3.63, 3.8) is 0 Å². The standard InChI is InChI=1S/C24H26N2O4/c1-15-4-5-16(2)18(10-15)12-26-14-24-8-6-19(30-24)20(21(24)23(26)28)22(27)25(3)11-17-7-9-29-13-17/h4-10,13,19-21H,11-12,14H2,1-3H3/t19-,20?,21?,24-/m0/s1. The van der Waals surface area contributed by atoms with Crippen molar-refractivity contribution in [2.24, 2.45) is 11.8 Å². The first-order valence-electron chi connectivity index (χ1n) is 10.4. The Morgan fingerprint density at radius 1 is 1.30 bits per heavy atom. The van der Waals surface area contributed by atoms with Crippen molar-refractivity contribution < 1.29 is 18.7 Å². The third kappa shape index (κ3) is 2.89. The van der Waals surface area contributed by atoms with Crippen molar-refractivity contribution in [2.75, 3.05) is 13.6 Å².